The zero-order chi connectivity index (χ0) is 41.3. The molecule has 4 heteroatoms. The number of nitrogens with zero attached hydrogens (tertiary/aromatic N) is 1. The van der Waals surface area contributed by atoms with Crippen molar-refractivity contribution >= 4 is 0 Å². The number of hydrogen-bond donors (Lipinski definition) is 2. The third kappa shape index (κ3) is 7.83. The van der Waals surface area contributed by atoms with Gasteiger partial charge in [0.25, 0.3) is 0 Å². The van der Waals surface area contributed by atoms with Crippen LogP contribution >= 0.6 is 0 Å². The van der Waals surface area contributed by atoms with Gasteiger partial charge in [0.2, 0.25) is 0 Å². The van der Waals surface area contributed by atoms with Gasteiger partial charge in [-0.1, -0.05) is 108 Å². The van der Waals surface area contributed by atoms with Crippen LogP contribution in [0, 0.1) is 50.4 Å². The summed E-state index contributed by atoms with van der Waals surface area (Å²) < 4.78 is 0. The summed E-state index contributed by atoms with van der Waals surface area (Å²) in [6.07, 6.45) is 15.5. The summed E-state index contributed by atoms with van der Waals surface area (Å²) in [6.45, 7) is 13.8. The zero-order valence-corrected chi connectivity index (χ0v) is 41.9. The second-order valence-corrected chi connectivity index (χ2v) is 23.2. The minimum atomic E-state index is -0.0677. The molecule has 0 amide bonds. The summed E-state index contributed by atoms with van der Waals surface area (Å²) in [6, 6.07) is 32.8. The van der Waals surface area contributed by atoms with Gasteiger partial charge in [0.15, 0.2) is 0 Å². The van der Waals surface area contributed by atoms with Gasteiger partial charge < -0.3 is 25.1 Å². The molecule has 5 aromatic rings. The van der Waals surface area contributed by atoms with Crippen molar-refractivity contribution in [2.75, 3.05) is 0 Å². The Labute approximate surface area is 399 Å². The molecular weight excluding hydrogens is 846 g/mol. The third-order valence-corrected chi connectivity index (χ3v) is 16.9. The van der Waals surface area contributed by atoms with Crippen molar-refractivity contribution in [2.24, 2.45) is 35.5 Å². The maximum Gasteiger partial charge on any atom is 0.127 e. The fourth-order valence-electron chi connectivity index (χ4n) is 14.9. The van der Waals surface area contributed by atoms with Gasteiger partial charge in [0, 0.05) is 59.6 Å². The van der Waals surface area contributed by atoms with E-state index in [1.807, 2.05) is 0 Å². The molecule has 63 heavy (non-hydrogen) atoms. The molecule has 4 aromatic carbocycles. The van der Waals surface area contributed by atoms with E-state index in [9.17, 15) is 10.2 Å². The van der Waals surface area contributed by atoms with E-state index in [-0.39, 0.29) is 62.7 Å². The van der Waals surface area contributed by atoms with Crippen LogP contribution in [0.1, 0.15) is 141 Å². The Morgan fingerprint density at radius 1 is 0.429 bits per heavy atom. The molecule has 330 valence electrons. The second-order valence-electron chi connectivity index (χ2n) is 23.2. The predicted octanol–water partition coefficient (Wildman–Crippen LogP) is 15.6. The number of pyridine rings is 1. The van der Waals surface area contributed by atoms with E-state index in [0.717, 1.165) is 80.3 Å². The molecule has 0 radical (unpaired) electrons. The van der Waals surface area contributed by atoms with E-state index < -0.39 is 0 Å². The molecule has 13 rings (SSSR count). The summed E-state index contributed by atoms with van der Waals surface area (Å²) in [5.41, 5.74) is 12.7. The van der Waals surface area contributed by atoms with Gasteiger partial charge >= 0.3 is 0 Å². The number of aromatic hydroxyl groups is 2. The monoisotopic (exact) mass is 915 g/mol. The van der Waals surface area contributed by atoms with Gasteiger partial charge in [-0.25, -0.2) is 4.98 Å². The van der Waals surface area contributed by atoms with E-state index in [0.29, 0.717) is 11.5 Å². The fraction of sp³-hybridized carbons (Fsp3) is 0.475. The molecule has 8 fully saturated rings. The molecule has 8 aliphatic rings. The Morgan fingerprint density at radius 3 is 1.03 bits per heavy atom. The van der Waals surface area contributed by atoms with Crippen molar-refractivity contribution in [2.45, 2.75) is 140 Å². The molecule has 8 saturated carbocycles. The average molecular weight is 917 g/mol. The van der Waals surface area contributed by atoms with Crippen LogP contribution in [0.2, 0.25) is 0 Å². The zero-order valence-electron chi connectivity index (χ0n) is 39.5. The van der Waals surface area contributed by atoms with Crippen LogP contribution in [0.4, 0.5) is 0 Å². The maximum absolute atomic E-state index is 12.6. The van der Waals surface area contributed by atoms with Gasteiger partial charge in [-0.2, -0.15) is 0 Å². The second kappa shape index (κ2) is 16.4. The minimum absolute atomic E-state index is 0. The quantitative estimate of drug-likeness (QED) is 0.167. The van der Waals surface area contributed by atoms with Crippen molar-refractivity contribution in [3.8, 4) is 56.3 Å². The van der Waals surface area contributed by atoms with E-state index in [1.165, 1.54) is 99.3 Å². The van der Waals surface area contributed by atoms with Crippen molar-refractivity contribution in [1.82, 2.24) is 4.98 Å². The Bertz CT molecular complexity index is 2280. The van der Waals surface area contributed by atoms with Crippen LogP contribution < -0.4 is 0 Å². The number of phenols is 2. The van der Waals surface area contributed by atoms with Crippen LogP contribution in [0.3, 0.4) is 0 Å². The first-order chi connectivity index (χ1) is 28.6. The maximum atomic E-state index is 12.6. The Kier molecular flexibility index (Phi) is 12.0. The molecule has 8 aliphatic carbocycles. The molecule has 0 aliphatic heterocycles. The summed E-state index contributed by atoms with van der Waals surface area (Å²) in [5, 5.41) is 25.2. The number of aromatic nitrogens is 1. The Hall–Kier alpha value is -3.49. The van der Waals surface area contributed by atoms with Crippen LogP contribution in [0.5, 0.6) is 11.5 Å². The predicted molar refractivity (Wildman–Crippen MR) is 259 cm³/mol. The number of rotatable bonds is 6. The van der Waals surface area contributed by atoms with Gasteiger partial charge in [0.05, 0.1) is 11.4 Å². The number of phenolic OH excluding ortho intramolecular Hbond substituents is 2. The van der Waals surface area contributed by atoms with Crippen molar-refractivity contribution in [3.63, 3.8) is 0 Å². The summed E-state index contributed by atoms with van der Waals surface area (Å²) >= 11 is 0. The van der Waals surface area contributed by atoms with Gasteiger partial charge in [-0.15, -0.1) is 0 Å². The summed E-state index contributed by atoms with van der Waals surface area (Å²) in [7, 11) is 0. The fourth-order valence-corrected chi connectivity index (χ4v) is 14.9. The molecule has 2 N–H and O–H groups in total. The third-order valence-electron chi connectivity index (χ3n) is 16.9. The molecule has 1 aromatic heterocycles. The van der Waals surface area contributed by atoms with Crippen LogP contribution in [-0.2, 0) is 47.9 Å². The van der Waals surface area contributed by atoms with Crippen LogP contribution in [0.25, 0.3) is 44.8 Å². The van der Waals surface area contributed by atoms with E-state index >= 15 is 0 Å². The summed E-state index contributed by atoms with van der Waals surface area (Å²) in [4.78, 5) is 5.48. The molecule has 0 saturated heterocycles. The molecule has 3 nitrogen and oxygen atoms in total. The molecule has 0 spiro atoms. The van der Waals surface area contributed by atoms with E-state index in [4.69, 9.17) is 4.98 Å². The van der Waals surface area contributed by atoms with Gasteiger partial charge in [-0.3, -0.25) is 0 Å². The Balaban J connectivity index is 0.00000181. The standard InChI is InChI=1S/C57H65NO2.2CH3.Zr/c1-54(2,3)40-24-46(52(59)48(26-40)56-28-34-18-35(29-56)20-36(19-34)30-56)42-12-7-9-14-44(42)50-16-11-17-51(58-50)45-15-10-8-13-43(45)47-25-41(55(4,5)6)27-49(53(47)60)57-31-37-21-38(32-57)23-39(22-37)33-57;;;/h7-17,24-27,34-39,59-60H,18-23,28-33H2,1-6H3;2*1H3;/q;2*-1;. The van der Waals surface area contributed by atoms with Crippen molar-refractivity contribution in [1.29, 1.82) is 0 Å². The first-order valence-electron chi connectivity index (χ1n) is 23.6. The van der Waals surface area contributed by atoms with E-state index in [1.54, 1.807) is 0 Å². The SMILES string of the molecule is CC(C)(C)c1cc(-c2ccccc2-c2cccc(-c3ccccc3-c3cc(C(C)(C)C)cc(C45CC6CC(CC(C6)C4)C5)c3O)n2)c(O)c(C23CC4CC(CC(C4)C2)C3)c1.[CH3-].[CH3-].[Zr]. The smallest absolute Gasteiger partial charge is 0.127 e. The average Bonchev–Trinajstić information content (AvgIpc) is 3.19. The molecular formula is C59H71NO2Zr-2. The molecule has 1 heterocycles. The number of benzene rings is 4. The number of hydrogen-bond acceptors (Lipinski definition) is 3. The normalized spacial score (nSPS) is 28.9. The van der Waals surface area contributed by atoms with Crippen molar-refractivity contribution < 1.29 is 36.4 Å². The molecule has 0 atom stereocenters. The molecule has 8 bridgehead atoms. The van der Waals surface area contributed by atoms with Crippen LogP contribution in [-0.4, -0.2) is 15.2 Å². The largest absolute Gasteiger partial charge is 0.507 e. The minimum Gasteiger partial charge on any atom is -0.507 e. The Morgan fingerprint density at radius 2 is 0.730 bits per heavy atom. The van der Waals surface area contributed by atoms with Gasteiger partial charge in [-0.05, 0) is 181 Å². The first-order valence-corrected chi connectivity index (χ1v) is 23.6. The topological polar surface area (TPSA) is 53.4 Å². The van der Waals surface area contributed by atoms with Crippen LogP contribution in [0.15, 0.2) is 91.0 Å². The molecule has 0 unspecified atom stereocenters. The summed E-state index contributed by atoms with van der Waals surface area (Å²) in [5.74, 6) is 5.71. The van der Waals surface area contributed by atoms with Crippen molar-refractivity contribution in [3.05, 3.63) is 128 Å². The van der Waals surface area contributed by atoms with Gasteiger partial charge in [0.1, 0.15) is 11.5 Å². The first kappa shape index (κ1) is 46.1. The van der Waals surface area contributed by atoms with E-state index in [2.05, 4.69) is 133 Å².